The third kappa shape index (κ3) is 3.39. The van der Waals surface area contributed by atoms with Gasteiger partial charge in [-0.25, -0.2) is 0 Å². The van der Waals surface area contributed by atoms with Crippen LogP contribution >= 0.6 is 0 Å². The molecule has 1 atom stereocenters. The summed E-state index contributed by atoms with van der Waals surface area (Å²) in [7, 11) is 1.61. The van der Waals surface area contributed by atoms with Crippen molar-refractivity contribution in [1.29, 1.82) is 0 Å². The molecule has 3 aromatic rings. The maximum atomic E-state index is 5.35. The molecule has 0 unspecified atom stereocenters. The van der Waals surface area contributed by atoms with Gasteiger partial charge in [-0.3, -0.25) is 0 Å². The molecule has 1 saturated heterocycles. The van der Waals surface area contributed by atoms with Crippen molar-refractivity contribution in [3.05, 3.63) is 41.9 Å². The van der Waals surface area contributed by atoms with E-state index < -0.39 is 0 Å². The maximum Gasteiger partial charge on any atom is 0.227 e. The number of hydrogen-bond acceptors (Lipinski definition) is 8. The summed E-state index contributed by atoms with van der Waals surface area (Å²) in [6.07, 6.45) is 2.02. The SMILES string of the molecule is COc1ccccc1-c1noc(CCc2nc([C@@H]3CCOC3)no2)n1. The highest BCUT2D eigenvalue weighted by molar-refractivity contribution is 5.63. The van der Waals surface area contributed by atoms with Crippen molar-refractivity contribution in [2.75, 3.05) is 20.3 Å². The average molecular weight is 342 g/mol. The van der Waals surface area contributed by atoms with Crippen LogP contribution < -0.4 is 4.74 Å². The number of benzene rings is 1. The van der Waals surface area contributed by atoms with E-state index in [4.69, 9.17) is 18.5 Å². The predicted molar refractivity (Wildman–Crippen MR) is 86.2 cm³/mol. The Hall–Kier alpha value is -2.74. The van der Waals surface area contributed by atoms with E-state index >= 15 is 0 Å². The minimum absolute atomic E-state index is 0.234. The summed E-state index contributed by atoms with van der Waals surface area (Å²) in [5.74, 6) is 3.24. The first kappa shape index (κ1) is 15.8. The Labute approximate surface area is 144 Å². The molecule has 3 heterocycles. The van der Waals surface area contributed by atoms with E-state index in [0.717, 1.165) is 18.6 Å². The van der Waals surface area contributed by atoms with Crippen molar-refractivity contribution in [3.63, 3.8) is 0 Å². The summed E-state index contributed by atoms with van der Waals surface area (Å²) in [4.78, 5) is 8.85. The third-order valence-corrected chi connectivity index (χ3v) is 4.15. The highest BCUT2D eigenvalue weighted by Gasteiger charge is 2.23. The van der Waals surface area contributed by atoms with Gasteiger partial charge in [0.2, 0.25) is 17.6 Å². The molecule has 130 valence electrons. The lowest BCUT2D eigenvalue weighted by Crippen LogP contribution is -2.00. The van der Waals surface area contributed by atoms with Crippen molar-refractivity contribution in [2.45, 2.75) is 25.2 Å². The van der Waals surface area contributed by atoms with E-state index in [-0.39, 0.29) is 5.92 Å². The first-order valence-electron chi connectivity index (χ1n) is 8.19. The van der Waals surface area contributed by atoms with Crippen LogP contribution in [-0.2, 0) is 17.6 Å². The van der Waals surface area contributed by atoms with Crippen LogP contribution in [0.25, 0.3) is 11.4 Å². The molecule has 0 spiro atoms. The zero-order chi connectivity index (χ0) is 17.1. The predicted octanol–water partition coefficient (Wildman–Crippen LogP) is 2.42. The molecule has 4 rings (SSSR count). The first-order valence-corrected chi connectivity index (χ1v) is 8.19. The van der Waals surface area contributed by atoms with E-state index in [1.807, 2.05) is 24.3 Å². The minimum Gasteiger partial charge on any atom is -0.496 e. The Morgan fingerprint density at radius 2 is 1.88 bits per heavy atom. The first-order chi connectivity index (χ1) is 12.3. The van der Waals surface area contributed by atoms with Gasteiger partial charge in [0.25, 0.3) is 0 Å². The number of hydrogen-bond donors (Lipinski definition) is 0. The lowest BCUT2D eigenvalue weighted by molar-refractivity contribution is 0.192. The average Bonchev–Trinajstić information content (AvgIpc) is 3.40. The van der Waals surface area contributed by atoms with Crippen LogP contribution in [0.3, 0.4) is 0 Å². The molecule has 1 fully saturated rings. The molecule has 2 aromatic heterocycles. The van der Waals surface area contributed by atoms with Gasteiger partial charge in [0.1, 0.15) is 5.75 Å². The van der Waals surface area contributed by atoms with Gasteiger partial charge in [-0.1, -0.05) is 22.4 Å². The largest absolute Gasteiger partial charge is 0.496 e. The number of nitrogens with zero attached hydrogens (tertiary/aromatic N) is 4. The molecule has 1 aliphatic heterocycles. The molecule has 0 aliphatic carbocycles. The van der Waals surface area contributed by atoms with Crippen LogP contribution in [0.2, 0.25) is 0 Å². The number of aromatic nitrogens is 4. The highest BCUT2D eigenvalue weighted by atomic mass is 16.5. The number of methoxy groups -OCH3 is 1. The van der Waals surface area contributed by atoms with Crippen LogP contribution in [0.4, 0.5) is 0 Å². The van der Waals surface area contributed by atoms with Crippen LogP contribution in [0.5, 0.6) is 5.75 Å². The van der Waals surface area contributed by atoms with Crippen molar-refractivity contribution in [1.82, 2.24) is 20.3 Å². The lowest BCUT2D eigenvalue weighted by Gasteiger charge is -2.02. The number of ether oxygens (including phenoxy) is 2. The molecule has 8 heteroatoms. The molecule has 0 radical (unpaired) electrons. The molecule has 25 heavy (non-hydrogen) atoms. The summed E-state index contributed by atoms with van der Waals surface area (Å²) in [6.45, 7) is 1.41. The van der Waals surface area contributed by atoms with Gasteiger partial charge in [-0.15, -0.1) is 0 Å². The van der Waals surface area contributed by atoms with Crippen molar-refractivity contribution in [3.8, 4) is 17.1 Å². The zero-order valence-electron chi connectivity index (χ0n) is 13.8. The quantitative estimate of drug-likeness (QED) is 0.674. The van der Waals surface area contributed by atoms with E-state index in [1.54, 1.807) is 7.11 Å². The van der Waals surface area contributed by atoms with E-state index in [2.05, 4.69) is 20.3 Å². The maximum absolute atomic E-state index is 5.35. The van der Waals surface area contributed by atoms with Crippen LogP contribution in [0, 0.1) is 0 Å². The summed E-state index contributed by atoms with van der Waals surface area (Å²) in [5, 5.41) is 8.06. The molecule has 0 saturated carbocycles. The molecular weight excluding hydrogens is 324 g/mol. The van der Waals surface area contributed by atoms with Crippen LogP contribution in [0.15, 0.2) is 33.3 Å². The summed E-state index contributed by atoms with van der Waals surface area (Å²) in [6, 6.07) is 7.55. The van der Waals surface area contributed by atoms with Gasteiger partial charge < -0.3 is 18.5 Å². The molecule has 0 amide bonds. The Balaban J connectivity index is 1.41. The Bertz CT molecular complexity index is 839. The van der Waals surface area contributed by atoms with Gasteiger partial charge in [0, 0.05) is 25.4 Å². The number of aryl methyl sites for hydroxylation is 2. The van der Waals surface area contributed by atoms with Crippen LogP contribution in [-0.4, -0.2) is 40.6 Å². The Kier molecular flexibility index (Phi) is 4.43. The fourth-order valence-corrected chi connectivity index (χ4v) is 2.78. The van der Waals surface area contributed by atoms with Crippen molar-refractivity contribution < 1.29 is 18.5 Å². The van der Waals surface area contributed by atoms with Gasteiger partial charge >= 0.3 is 0 Å². The molecular formula is C17H18N4O4. The second kappa shape index (κ2) is 7.02. The topological polar surface area (TPSA) is 96.3 Å². The monoisotopic (exact) mass is 342 g/mol. The summed E-state index contributed by atoms with van der Waals surface area (Å²) in [5.41, 5.74) is 0.793. The van der Waals surface area contributed by atoms with Gasteiger partial charge in [-0.05, 0) is 18.6 Å². The van der Waals surface area contributed by atoms with Gasteiger partial charge in [0.15, 0.2) is 5.82 Å². The minimum atomic E-state index is 0.234. The fourth-order valence-electron chi connectivity index (χ4n) is 2.78. The Morgan fingerprint density at radius 1 is 1.08 bits per heavy atom. The third-order valence-electron chi connectivity index (χ3n) is 4.15. The highest BCUT2D eigenvalue weighted by Crippen LogP contribution is 2.27. The molecule has 1 aliphatic rings. The van der Waals surface area contributed by atoms with E-state index in [1.165, 1.54) is 0 Å². The molecule has 0 bridgehead atoms. The van der Waals surface area contributed by atoms with Crippen LogP contribution in [0.1, 0.15) is 29.9 Å². The number of para-hydroxylation sites is 1. The molecule has 0 N–H and O–H groups in total. The molecule has 8 nitrogen and oxygen atoms in total. The second-order valence-electron chi connectivity index (χ2n) is 5.82. The van der Waals surface area contributed by atoms with E-state index in [9.17, 15) is 0 Å². The summed E-state index contributed by atoms with van der Waals surface area (Å²) >= 11 is 0. The lowest BCUT2D eigenvalue weighted by atomic mass is 10.1. The Morgan fingerprint density at radius 3 is 2.68 bits per heavy atom. The molecule has 1 aromatic carbocycles. The van der Waals surface area contributed by atoms with Crippen molar-refractivity contribution in [2.24, 2.45) is 0 Å². The zero-order valence-corrected chi connectivity index (χ0v) is 13.8. The summed E-state index contributed by atoms with van der Waals surface area (Å²) < 4.78 is 21.3. The van der Waals surface area contributed by atoms with E-state index in [0.29, 0.717) is 48.6 Å². The smallest absolute Gasteiger partial charge is 0.227 e. The second-order valence-corrected chi connectivity index (χ2v) is 5.82. The number of rotatable bonds is 6. The normalized spacial score (nSPS) is 17.1. The van der Waals surface area contributed by atoms with Gasteiger partial charge in [0.05, 0.1) is 19.3 Å². The fraction of sp³-hybridized carbons (Fsp3) is 0.412. The standard InChI is InChI=1S/C17H18N4O4/c1-22-13-5-3-2-4-12(13)17-19-15(25-21-17)7-6-14-18-16(20-24-14)11-8-9-23-10-11/h2-5,11H,6-10H2,1H3/t11-/m1/s1. The van der Waals surface area contributed by atoms with Gasteiger partial charge in [-0.2, -0.15) is 9.97 Å². The van der Waals surface area contributed by atoms with Crippen molar-refractivity contribution >= 4 is 0 Å².